The Hall–Kier alpha value is -3.11. The number of carboxylic acids is 2. The van der Waals surface area contributed by atoms with Crippen LogP contribution in [0, 0.1) is 0 Å². The van der Waals surface area contributed by atoms with Gasteiger partial charge in [0, 0.05) is 49.1 Å². The largest absolute Gasteiger partial charge is 2.00 e. The number of hydrogen-bond donors (Lipinski definition) is 2. The Morgan fingerprint density at radius 3 is 1.64 bits per heavy atom. The summed E-state index contributed by atoms with van der Waals surface area (Å²) in [6.45, 7) is 0. The predicted octanol–water partition coefficient (Wildman–Crippen LogP) is -7.45. The van der Waals surface area contributed by atoms with E-state index in [0.29, 0.717) is 33.3 Å². The molecule has 0 aliphatic rings. The van der Waals surface area contributed by atoms with Crippen molar-refractivity contribution >= 4 is 35.5 Å². The van der Waals surface area contributed by atoms with Gasteiger partial charge in [-0.05, 0) is 30.1 Å². The third-order valence-electron chi connectivity index (χ3n) is 3.29. The number of hydrogen-bond acceptors (Lipinski definition) is 14. The molecule has 44 heavy (non-hydrogen) atoms. The first kappa shape index (κ1) is 60.1. The summed E-state index contributed by atoms with van der Waals surface area (Å²) in [6, 6.07) is 10.7. The molecule has 4 rings (SSSR count). The van der Waals surface area contributed by atoms with E-state index in [9.17, 15) is 19.8 Å². The summed E-state index contributed by atoms with van der Waals surface area (Å²) in [7, 11) is 2.00. The number of pyridine rings is 2. The second-order valence-electron chi connectivity index (χ2n) is 5.59. The maximum atomic E-state index is 10.2. The number of aliphatic hydroxyl groups is 2. The molecule has 0 spiro atoms. The van der Waals surface area contributed by atoms with Gasteiger partial charge < -0.3 is 88.1 Å². The number of aromatic nitrogens is 8. The van der Waals surface area contributed by atoms with E-state index < -0.39 is 11.9 Å². The van der Waals surface area contributed by atoms with Crippen LogP contribution < -0.4 is 20.3 Å². The van der Waals surface area contributed by atoms with Crippen LogP contribution in [0.15, 0.2) is 59.1 Å². The van der Waals surface area contributed by atoms with E-state index in [4.69, 9.17) is 10.2 Å². The zero-order valence-electron chi connectivity index (χ0n) is 22.9. The predicted molar refractivity (Wildman–Crippen MR) is 152 cm³/mol. The zero-order valence-corrected chi connectivity index (χ0v) is 26.5. The maximum absolute atomic E-state index is 10.2. The van der Waals surface area contributed by atoms with Crippen LogP contribution in [0.3, 0.4) is 0 Å². The minimum Gasteiger partial charge on any atom is -0.549 e. The van der Waals surface area contributed by atoms with Crippen molar-refractivity contribution in [2.24, 2.45) is 0 Å². The average Bonchev–Trinajstić information content (AvgIpc) is 3.60. The van der Waals surface area contributed by atoms with Gasteiger partial charge in [-0.15, -0.1) is 23.5 Å². The van der Waals surface area contributed by atoms with E-state index >= 15 is 0 Å². The SMILES string of the molecule is CO.CO.O.O.O=C([O-])CSc1n[n-]c(-c2ccccn2)n1.O=C([O-])CSc1nnc(-c2ccccn2)[n-]1.[Ni+2].[Ni+2].[OH3+].[OH3+].[OH3+].[OH3+]. The number of carbonyl (C=O) groups excluding carboxylic acids is 2. The van der Waals surface area contributed by atoms with Gasteiger partial charge in [-0.1, -0.05) is 12.1 Å². The van der Waals surface area contributed by atoms with Gasteiger partial charge in [-0.3, -0.25) is 15.1 Å². The minimum absolute atomic E-state index is 0. The maximum Gasteiger partial charge on any atom is 2.00 e. The Labute approximate surface area is 278 Å². The Kier molecular flexibility index (Phi) is 49.3. The molecule has 4 heterocycles. The topological polar surface area (TPSA) is 421 Å². The van der Waals surface area contributed by atoms with Crippen molar-refractivity contribution in [1.29, 1.82) is 0 Å². The Morgan fingerprint density at radius 2 is 1.20 bits per heavy atom. The molecule has 0 unspecified atom stereocenters. The molecule has 0 aliphatic carbocycles. The molecular weight excluding hydrogens is 726 g/mol. The molecule has 0 bridgehead atoms. The van der Waals surface area contributed by atoms with Crippen molar-refractivity contribution in [3.8, 4) is 23.0 Å². The summed E-state index contributed by atoms with van der Waals surface area (Å²) in [5.74, 6) is -1.91. The van der Waals surface area contributed by atoms with Crippen LogP contribution in [0.4, 0.5) is 0 Å². The van der Waals surface area contributed by atoms with Gasteiger partial charge in [0.2, 0.25) is 0 Å². The monoisotopic (exact) mass is 760 g/mol. The Morgan fingerprint density at radius 1 is 0.750 bits per heavy atom. The average molecular weight is 762 g/mol. The summed E-state index contributed by atoms with van der Waals surface area (Å²) < 4.78 is 0. The van der Waals surface area contributed by atoms with Crippen molar-refractivity contribution in [3.05, 3.63) is 48.8 Å². The molecule has 0 atom stereocenters. The van der Waals surface area contributed by atoms with Crippen LogP contribution in [0.25, 0.3) is 23.0 Å². The normalized spacial score (nSPS) is 7.73. The molecule has 0 saturated carbocycles. The van der Waals surface area contributed by atoms with Crippen molar-refractivity contribution in [1.82, 2.24) is 40.3 Å². The standard InChI is InChI=1S/2C9H8N4O2S.2CH4O.2Ni.6H2O/c2*14-7(15)5-16-9-11-8(12-13-9)6-3-1-2-4-10-6;2*1-2;;;;;;;;/h2*1-4H,5H2,(H2,10,11,12,13,14,15);2*2H,1H3;;;6*1H2/q;;;;2*+2;;;;;;. The van der Waals surface area contributed by atoms with E-state index in [0.717, 1.165) is 37.7 Å². The van der Waals surface area contributed by atoms with E-state index in [1.807, 2.05) is 12.1 Å². The first-order chi connectivity index (χ1) is 17.5. The van der Waals surface area contributed by atoms with Crippen LogP contribution in [0.1, 0.15) is 0 Å². The number of aliphatic hydroxyl groups excluding tert-OH is 2. The Balaban J connectivity index is -0.0000000757. The van der Waals surface area contributed by atoms with Crippen LogP contribution in [0.5, 0.6) is 0 Å². The van der Waals surface area contributed by atoms with Crippen LogP contribution in [-0.4, -0.2) is 89.1 Å². The molecule has 20 nitrogen and oxygen atoms in total. The molecule has 256 valence electrons. The van der Waals surface area contributed by atoms with Gasteiger partial charge in [0.25, 0.3) is 0 Å². The second kappa shape index (κ2) is 36.1. The third-order valence-corrected chi connectivity index (χ3v) is 4.91. The third kappa shape index (κ3) is 23.4. The fraction of sp³-hybridized carbons (Fsp3) is 0.200. The fourth-order valence-corrected chi connectivity index (χ4v) is 3.02. The summed E-state index contributed by atoms with van der Waals surface area (Å²) >= 11 is 1.94. The second-order valence-corrected chi connectivity index (χ2v) is 7.47. The molecule has 24 heteroatoms. The number of nitrogens with zero attached hydrogens (tertiary/aromatic N) is 8. The van der Waals surface area contributed by atoms with Gasteiger partial charge in [0.1, 0.15) is 0 Å². The quantitative estimate of drug-likeness (QED) is 0.0956. The van der Waals surface area contributed by atoms with Gasteiger partial charge in [-0.2, -0.15) is 0 Å². The molecule has 0 aromatic carbocycles. The van der Waals surface area contributed by atoms with E-state index in [-0.39, 0.29) is 77.3 Å². The zero-order chi connectivity index (χ0) is 26.8. The van der Waals surface area contributed by atoms with Crippen LogP contribution in [0.2, 0.25) is 0 Å². The van der Waals surface area contributed by atoms with E-state index in [1.54, 1.807) is 36.7 Å². The van der Waals surface area contributed by atoms with Gasteiger partial charge in [0.15, 0.2) is 0 Å². The molecular formula is C20H36N8Ni2O12S2+4. The summed E-state index contributed by atoms with van der Waals surface area (Å²) in [5, 5.41) is 50.2. The molecule has 0 fully saturated rings. The van der Waals surface area contributed by atoms with Gasteiger partial charge >= 0.3 is 33.0 Å². The summed E-state index contributed by atoms with van der Waals surface area (Å²) in [6.07, 6.45) is 3.25. The molecule has 18 N–H and O–H groups in total. The number of carboxylic acid groups (broad SMARTS) is 2. The number of rotatable bonds is 8. The van der Waals surface area contributed by atoms with E-state index in [1.165, 1.54) is 0 Å². The first-order valence-corrected chi connectivity index (χ1v) is 11.6. The molecule has 0 saturated heterocycles. The van der Waals surface area contributed by atoms with Crippen molar-refractivity contribution in [2.45, 2.75) is 10.3 Å². The van der Waals surface area contributed by atoms with Crippen molar-refractivity contribution in [3.63, 3.8) is 0 Å². The van der Waals surface area contributed by atoms with Crippen molar-refractivity contribution in [2.75, 3.05) is 25.7 Å². The molecule has 0 aliphatic heterocycles. The number of thioether (sulfide) groups is 2. The van der Waals surface area contributed by atoms with E-state index in [2.05, 4.69) is 40.3 Å². The van der Waals surface area contributed by atoms with Gasteiger partial charge in [-0.25, -0.2) is 0 Å². The summed E-state index contributed by atoms with van der Waals surface area (Å²) in [4.78, 5) is 36.6. The molecule has 4 aromatic rings. The minimum atomic E-state index is -1.16. The number of carbonyl (C=O) groups is 2. The molecule has 0 amide bonds. The van der Waals surface area contributed by atoms with Crippen LogP contribution >= 0.6 is 23.5 Å². The van der Waals surface area contributed by atoms with Crippen molar-refractivity contribution < 1.29 is 95.9 Å². The fourth-order valence-electron chi connectivity index (χ4n) is 2.03. The molecule has 0 radical (unpaired) electrons. The summed E-state index contributed by atoms with van der Waals surface area (Å²) in [5.41, 5.74) is 1.21. The van der Waals surface area contributed by atoms with Gasteiger partial charge in [0.05, 0.1) is 28.5 Å². The molecule has 4 aromatic heterocycles. The van der Waals surface area contributed by atoms with Crippen LogP contribution in [-0.2, 0) is 64.5 Å². The Bertz CT molecular complexity index is 1090. The first-order valence-electron chi connectivity index (χ1n) is 9.63. The smallest absolute Gasteiger partial charge is 0.549 e. The number of aliphatic carboxylic acids is 2.